The summed E-state index contributed by atoms with van der Waals surface area (Å²) < 4.78 is 13.3. The fourth-order valence-corrected chi connectivity index (χ4v) is 0. The average Bonchev–Trinajstić information content (AvgIpc) is 2.30. The molecule has 0 aliphatic rings. The van der Waals surface area contributed by atoms with Crippen molar-refractivity contribution >= 4 is 34.6 Å². The third-order valence-electron chi connectivity index (χ3n) is 0.613. The molecule has 0 aromatic rings. The maximum atomic E-state index is 8.20. The summed E-state index contributed by atoms with van der Waals surface area (Å²) >= 11 is 0. The molecule has 0 fully saturated rings. The molecule has 0 aliphatic heterocycles. The zero-order chi connectivity index (χ0) is 13.8. The predicted octanol–water partition coefficient (Wildman–Crippen LogP) is 3.36. The monoisotopic (exact) mass is 667 g/mol. The maximum absolute atomic E-state index is 8.20. The summed E-state index contributed by atoms with van der Waals surface area (Å²) in [5, 5.41) is 0. The van der Waals surface area contributed by atoms with Crippen molar-refractivity contribution in [2.24, 2.45) is 0 Å². The molecule has 20 heavy (non-hydrogen) atoms. The molecule has 0 aromatic heterocycles. The Hall–Kier alpha value is 5.98. The first-order chi connectivity index (χ1) is 7.51. The Balaban J connectivity index is -0.0000000152. The van der Waals surface area contributed by atoms with Gasteiger partial charge in [0.2, 0.25) is 0 Å². The van der Waals surface area contributed by atoms with Gasteiger partial charge < -0.3 is 18.5 Å². The van der Waals surface area contributed by atoms with Crippen LogP contribution in [0.4, 0.5) is 0 Å². The summed E-state index contributed by atoms with van der Waals surface area (Å²) in [6.45, 7) is 9.84. The van der Waals surface area contributed by atoms with E-state index in [1.165, 1.54) is 7.11 Å². The first kappa shape index (κ1) is 50.1. The molecule has 0 aromatic carbocycles. The third kappa shape index (κ3) is 127. The summed E-state index contributed by atoms with van der Waals surface area (Å²) in [7, 11) is 7.44. The van der Waals surface area contributed by atoms with E-state index in [0.29, 0.717) is 17.6 Å². The van der Waals surface area contributed by atoms with Gasteiger partial charge in [-0.3, -0.25) is 0 Å². The zero-order valence-electron chi connectivity index (χ0n) is 13.6. The van der Waals surface area contributed by atoms with E-state index in [2.05, 4.69) is 34.0 Å². The van der Waals surface area contributed by atoms with E-state index in [1.807, 2.05) is 13.3 Å². The Labute approximate surface area is 234 Å². The van der Waals surface area contributed by atoms with E-state index in [0.717, 1.165) is 8.58 Å². The number of hydrogen-bond donors (Lipinski definition) is 1. The second kappa shape index (κ2) is 64.0. The van der Waals surface area contributed by atoms with Gasteiger partial charge in [-0.25, -0.2) is 7.11 Å². The van der Waals surface area contributed by atoms with E-state index in [9.17, 15) is 0 Å². The molecule has 0 spiro atoms. The Bertz CT molecular complexity index is 85.5. The van der Waals surface area contributed by atoms with Crippen molar-refractivity contribution in [2.45, 2.75) is 0 Å². The van der Waals surface area contributed by atoms with Crippen LogP contribution in [0.1, 0.15) is 0 Å². The maximum Gasteiger partial charge on any atom is 0.164 e. The van der Waals surface area contributed by atoms with E-state index in [4.69, 9.17) is 4.89 Å². The van der Waals surface area contributed by atoms with E-state index in [1.54, 1.807) is 13.8 Å². The summed E-state index contributed by atoms with van der Waals surface area (Å²) in [6, 6.07) is 0. The number of hydrogen-bond acceptors (Lipinski definition) is 4. The largest absolute Gasteiger partial charge is 0.537 e. The molecule has 12 heteroatoms. The smallest absolute Gasteiger partial charge is 0.164 e. The Morgan fingerprint density at radius 2 is 1.05 bits per heavy atom. The SMILES string of the molecule is COP(C)O.COPC.CPC.[CH2-]OPC.[Y].[Y].[Y].[Y]. The third-order valence-corrected chi connectivity index (χ3v) is 1.84. The van der Waals surface area contributed by atoms with Gasteiger partial charge in [-0.1, -0.05) is 0 Å². The van der Waals surface area contributed by atoms with Gasteiger partial charge in [0.05, 0.1) is 0 Å². The van der Waals surface area contributed by atoms with Gasteiger partial charge >= 0.3 is 0 Å². The molecule has 1 N–H and O–H groups in total. The van der Waals surface area contributed by atoms with Crippen molar-refractivity contribution in [1.29, 1.82) is 0 Å². The van der Waals surface area contributed by atoms with Crippen molar-refractivity contribution < 1.29 is 149 Å². The minimum Gasteiger partial charge on any atom is -0.537 e. The summed E-state index contributed by atoms with van der Waals surface area (Å²) in [5.41, 5.74) is 0. The van der Waals surface area contributed by atoms with Crippen LogP contribution in [0.3, 0.4) is 0 Å². The minimum atomic E-state index is -1.10. The zero-order valence-corrected chi connectivity index (χ0v) is 28.9. The molecule has 3 unspecified atom stereocenters. The van der Waals surface area contributed by atoms with E-state index in [-0.39, 0.29) is 131 Å². The summed E-state index contributed by atoms with van der Waals surface area (Å²) in [6.07, 6.45) is 0. The van der Waals surface area contributed by atoms with E-state index >= 15 is 0 Å². The van der Waals surface area contributed by atoms with Gasteiger partial charge in [-0.2, -0.15) is 0 Å². The normalized spacial score (nSPS) is 8.85. The van der Waals surface area contributed by atoms with Crippen LogP contribution >= 0.6 is 34.6 Å². The van der Waals surface area contributed by atoms with E-state index < -0.39 is 8.38 Å². The molecular formula is C8H27O4P4Y4-. The standard InChI is InChI=1S/C2H7O2P.C2H7OP.C2H6OP.C2H7P.4Y/c1-4-5(2)3;2*1-3-4-2;1-3-2;;;;/h3H,1-2H3;4H,1-2H3;4H,1H2,2H3;3H,1-2H3;;;;/q;;-1;;;;;. The summed E-state index contributed by atoms with van der Waals surface area (Å²) in [4.78, 5) is 8.20. The fourth-order valence-electron chi connectivity index (χ4n) is 0. The first-order valence-electron chi connectivity index (χ1n) is 4.34. The molecule has 0 saturated heterocycles. The van der Waals surface area contributed by atoms with Crippen LogP contribution in [0.2, 0.25) is 0 Å². The van der Waals surface area contributed by atoms with Crippen LogP contribution in [-0.2, 0) is 144 Å². The Morgan fingerprint density at radius 3 is 1.05 bits per heavy atom. The molecule has 0 aliphatic carbocycles. The van der Waals surface area contributed by atoms with Gasteiger partial charge in [0, 0.05) is 161 Å². The Morgan fingerprint density at radius 1 is 0.900 bits per heavy atom. The van der Waals surface area contributed by atoms with Crippen molar-refractivity contribution in [3.63, 3.8) is 0 Å². The number of rotatable bonds is 3. The molecule has 0 amide bonds. The molecular weight excluding hydrogens is 640 g/mol. The van der Waals surface area contributed by atoms with Gasteiger partial charge in [-0.05, 0) is 35.5 Å². The topological polar surface area (TPSA) is 47.9 Å². The van der Waals surface area contributed by atoms with Crippen LogP contribution in [0.25, 0.3) is 0 Å². The molecule has 0 rings (SSSR count). The quantitative estimate of drug-likeness (QED) is 0.371. The molecule has 4 nitrogen and oxygen atoms in total. The van der Waals surface area contributed by atoms with Gasteiger partial charge in [0.1, 0.15) is 0 Å². The molecule has 0 saturated carbocycles. The van der Waals surface area contributed by atoms with Crippen LogP contribution in [0, 0.1) is 7.11 Å². The minimum absolute atomic E-state index is 0. The molecule has 0 heterocycles. The van der Waals surface area contributed by atoms with Crippen LogP contribution in [-0.4, -0.2) is 52.4 Å². The molecule has 3 atom stereocenters. The van der Waals surface area contributed by atoms with Crippen LogP contribution in [0.5, 0.6) is 0 Å². The molecule has 0 bridgehead atoms. The fraction of sp³-hybridized carbons (Fsp3) is 0.875. The van der Waals surface area contributed by atoms with Crippen molar-refractivity contribution in [1.82, 2.24) is 0 Å². The Kier molecular flexibility index (Phi) is 161. The van der Waals surface area contributed by atoms with Gasteiger partial charge in [0.15, 0.2) is 8.38 Å². The summed E-state index contributed by atoms with van der Waals surface area (Å²) in [5.74, 6) is 0. The predicted molar refractivity (Wildman–Crippen MR) is 84.2 cm³/mol. The average molecular weight is 667 g/mol. The van der Waals surface area contributed by atoms with Crippen molar-refractivity contribution in [3.8, 4) is 0 Å². The molecule has 116 valence electrons. The van der Waals surface area contributed by atoms with Gasteiger partial charge in [-0.15, -0.1) is 8.58 Å². The first-order valence-corrected chi connectivity index (χ1v) is 10.8. The second-order valence-corrected chi connectivity index (χ2v) is 5.71. The molecule has 4 radical (unpaired) electrons. The van der Waals surface area contributed by atoms with Crippen molar-refractivity contribution in [3.05, 3.63) is 7.11 Å². The van der Waals surface area contributed by atoms with Crippen LogP contribution < -0.4 is 0 Å². The van der Waals surface area contributed by atoms with Gasteiger partial charge in [0.25, 0.3) is 0 Å². The van der Waals surface area contributed by atoms with Crippen molar-refractivity contribution in [2.75, 3.05) is 47.5 Å². The second-order valence-electron chi connectivity index (χ2n) is 1.90. The van der Waals surface area contributed by atoms with Crippen LogP contribution in [0.15, 0.2) is 0 Å².